The second-order valence-electron chi connectivity index (χ2n) is 3.65. The maximum Gasteiger partial charge on any atom is 0.343 e. The van der Waals surface area contributed by atoms with Crippen LogP contribution >= 0.6 is 35.0 Å². The number of halogens is 2. The summed E-state index contributed by atoms with van der Waals surface area (Å²) >= 11 is 12.2. The van der Waals surface area contributed by atoms with E-state index in [4.69, 9.17) is 23.2 Å². The highest BCUT2D eigenvalue weighted by molar-refractivity contribution is 7.98. The lowest BCUT2D eigenvalue weighted by molar-refractivity contribution is -0.386. The lowest BCUT2D eigenvalue weighted by Gasteiger charge is -1.98. The first-order chi connectivity index (χ1) is 10.8. The summed E-state index contributed by atoms with van der Waals surface area (Å²) in [5.74, 6) is 0. The van der Waals surface area contributed by atoms with Crippen molar-refractivity contribution in [2.45, 2.75) is 12.1 Å². The molecule has 2 aromatic rings. The molecule has 0 bridgehead atoms. The van der Waals surface area contributed by atoms with Crippen molar-refractivity contribution in [3.05, 3.63) is 48.8 Å². The Morgan fingerprint density at radius 1 is 1.13 bits per heavy atom. The topological polar surface area (TPSA) is 138 Å². The van der Waals surface area contributed by atoms with Gasteiger partial charge in [-0.25, -0.2) is 19.9 Å². The molecule has 23 heavy (non-hydrogen) atoms. The van der Waals surface area contributed by atoms with Gasteiger partial charge in [0.15, 0.2) is 5.16 Å². The summed E-state index contributed by atoms with van der Waals surface area (Å²) in [6.45, 7) is 1.57. The van der Waals surface area contributed by atoms with Crippen LogP contribution in [0.5, 0.6) is 0 Å². The zero-order valence-corrected chi connectivity index (χ0v) is 14.0. The summed E-state index contributed by atoms with van der Waals surface area (Å²) in [6.07, 6.45) is 4.18. The molecule has 0 atom stereocenters. The SMILES string of the molecule is CSc1nc(Cl)c([N+](=O)[O-])c(Cl)n1.Cc1ncncc1[N+](=O)[O-]. The molecule has 0 saturated heterocycles. The highest BCUT2D eigenvalue weighted by Gasteiger charge is 2.21. The van der Waals surface area contributed by atoms with Gasteiger partial charge in [0.25, 0.3) is 0 Å². The molecule has 0 fully saturated rings. The quantitative estimate of drug-likeness (QED) is 0.259. The molecule has 2 rings (SSSR count). The third-order valence-electron chi connectivity index (χ3n) is 2.23. The summed E-state index contributed by atoms with van der Waals surface area (Å²) in [4.78, 5) is 33.8. The number of hydrogen-bond donors (Lipinski definition) is 0. The molecule has 0 aliphatic rings. The van der Waals surface area contributed by atoms with Gasteiger partial charge in [-0.2, -0.15) is 0 Å². The normalized spacial score (nSPS) is 9.74. The van der Waals surface area contributed by atoms with Gasteiger partial charge in [0.05, 0.1) is 9.85 Å². The van der Waals surface area contributed by atoms with Crippen LogP contribution in [-0.4, -0.2) is 36.0 Å². The number of hydrogen-bond acceptors (Lipinski definition) is 9. The Morgan fingerprint density at radius 3 is 2.04 bits per heavy atom. The smallest absolute Gasteiger partial charge is 0.258 e. The molecular weight excluding hydrogens is 371 g/mol. The summed E-state index contributed by atoms with van der Waals surface area (Å²) in [7, 11) is 0. The van der Waals surface area contributed by atoms with E-state index in [9.17, 15) is 20.2 Å². The second-order valence-corrected chi connectivity index (χ2v) is 5.14. The lowest BCUT2D eigenvalue weighted by atomic mass is 10.4. The van der Waals surface area contributed by atoms with Crippen molar-refractivity contribution < 1.29 is 9.85 Å². The van der Waals surface area contributed by atoms with Crippen molar-refractivity contribution in [1.82, 2.24) is 19.9 Å². The molecule has 13 heteroatoms. The molecule has 0 aromatic carbocycles. The molecule has 0 aliphatic carbocycles. The second kappa shape index (κ2) is 8.50. The molecule has 0 N–H and O–H groups in total. The van der Waals surface area contributed by atoms with Crippen molar-refractivity contribution >= 4 is 46.3 Å². The third kappa shape index (κ3) is 5.23. The highest BCUT2D eigenvalue weighted by atomic mass is 35.5. The maximum absolute atomic E-state index is 10.4. The average Bonchev–Trinajstić information content (AvgIpc) is 2.46. The first-order valence-electron chi connectivity index (χ1n) is 5.60. The summed E-state index contributed by atoms with van der Waals surface area (Å²) in [5, 5.41) is 20.4. The van der Waals surface area contributed by atoms with Crippen LogP contribution in [0.2, 0.25) is 10.3 Å². The number of aryl methyl sites for hydroxylation is 1. The van der Waals surface area contributed by atoms with E-state index in [-0.39, 0.29) is 16.0 Å². The molecule has 2 aromatic heterocycles. The monoisotopic (exact) mass is 378 g/mol. The zero-order valence-electron chi connectivity index (χ0n) is 11.6. The van der Waals surface area contributed by atoms with Crippen LogP contribution in [-0.2, 0) is 0 Å². The molecule has 2 heterocycles. The summed E-state index contributed by atoms with van der Waals surface area (Å²) in [6, 6.07) is 0. The Balaban J connectivity index is 0.000000238. The van der Waals surface area contributed by atoms with Crippen LogP contribution < -0.4 is 0 Å². The zero-order chi connectivity index (χ0) is 17.6. The maximum atomic E-state index is 10.4. The third-order valence-corrected chi connectivity index (χ3v) is 3.30. The lowest BCUT2D eigenvalue weighted by Crippen LogP contribution is -1.96. The van der Waals surface area contributed by atoms with Gasteiger partial charge in [-0.3, -0.25) is 20.2 Å². The van der Waals surface area contributed by atoms with Crippen LogP contribution in [0, 0.1) is 27.2 Å². The minimum Gasteiger partial charge on any atom is -0.258 e. The summed E-state index contributed by atoms with van der Waals surface area (Å²) < 4.78 is 0. The van der Waals surface area contributed by atoms with Crippen molar-refractivity contribution in [1.29, 1.82) is 0 Å². The molecule has 10 nitrogen and oxygen atoms in total. The van der Waals surface area contributed by atoms with Gasteiger partial charge in [-0.15, -0.1) is 0 Å². The van der Waals surface area contributed by atoms with Crippen LogP contribution in [0.25, 0.3) is 0 Å². The van der Waals surface area contributed by atoms with Crippen LogP contribution in [0.15, 0.2) is 17.7 Å². The Morgan fingerprint density at radius 2 is 1.70 bits per heavy atom. The van der Waals surface area contributed by atoms with E-state index < -0.39 is 15.5 Å². The van der Waals surface area contributed by atoms with E-state index in [0.717, 1.165) is 0 Å². The van der Waals surface area contributed by atoms with Crippen LogP contribution in [0.1, 0.15) is 5.69 Å². The van der Waals surface area contributed by atoms with Gasteiger partial charge in [0, 0.05) is 0 Å². The number of nitrogens with zero attached hydrogens (tertiary/aromatic N) is 6. The fourth-order valence-corrected chi connectivity index (χ4v) is 2.18. The average molecular weight is 379 g/mol. The number of aromatic nitrogens is 4. The Labute approximate surface area is 143 Å². The van der Waals surface area contributed by atoms with E-state index in [1.807, 2.05) is 0 Å². The molecule has 0 radical (unpaired) electrons. The predicted octanol–water partition coefficient (Wildman–Crippen LogP) is 3.11. The van der Waals surface area contributed by atoms with E-state index in [0.29, 0.717) is 10.9 Å². The first kappa shape index (κ1) is 18.9. The van der Waals surface area contributed by atoms with Gasteiger partial charge in [-0.05, 0) is 13.2 Å². The van der Waals surface area contributed by atoms with Crippen molar-refractivity contribution in [2.75, 3.05) is 6.26 Å². The number of thioether (sulfide) groups is 1. The predicted molar refractivity (Wildman–Crippen MR) is 83.9 cm³/mol. The fraction of sp³-hybridized carbons (Fsp3) is 0.200. The van der Waals surface area contributed by atoms with Gasteiger partial charge >= 0.3 is 11.4 Å². The van der Waals surface area contributed by atoms with Gasteiger partial charge in [0.1, 0.15) is 18.2 Å². The van der Waals surface area contributed by atoms with Crippen molar-refractivity contribution in [3.8, 4) is 0 Å². The fourth-order valence-electron chi connectivity index (χ4n) is 1.19. The number of rotatable bonds is 3. The van der Waals surface area contributed by atoms with Gasteiger partial charge in [0.2, 0.25) is 10.3 Å². The van der Waals surface area contributed by atoms with Crippen molar-refractivity contribution in [2.24, 2.45) is 0 Å². The molecular formula is C10H8Cl2N6O4S. The van der Waals surface area contributed by atoms with E-state index in [1.54, 1.807) is 13.2 Å². The molecule has 0 aliphatic heterocycles. The molecule has 0 saturated carbocycles. The highest BCUT2D eigenvalue weighted by Crippen LogP contribution is 2.30. The minimum atomic E-state index is -0.714. The van der Waals surface area contributed by atoms with Gasteiger partial charge in [-0.1, -0.05) is 35.0 Å². The Hall–Kier alpha value is -2.11. The minimum absolute atomic E-state index is 0.0394. The van der Waals surface area contributed by atoms with E-state index in [1.165, 1.54) is 24.3 Å². The van der Waals surface area contributed by atoms with E-state index in [2.05, 4.69) is 19.9 Å². The molecule has 0 unspecified atom stereocenters. The Bertz CT molecular complexity index is 724. The van der Waals surface area contributed by atoms with Crippen LogP contribution in [0.3, 0.4) is 0 Å². The molecule has 0 amide bonds. The standard InChI is InChI=1S/C5H3Cl2N3O2S.C5H5N3O2/c1-13-5-8-3(6)2(10(11)12)4(7)9-5;1-4-5(8(9)10)2-6-3-7-4/h1H3;2-3H,1H3. The molecule has 0 spiro atoms. The van der Waals surface area contributed by atoms with Crippen molar-refractivity contribution in [3.63, 3.8) is 0 Å². The summed E-state index contributed by atoms with van der Waals surface area (Å²) in [5.41, 5.74) is -0.108. The Kier molecular flexibility index (Phi) is 7.00. The first-order valence-corrected chi connectivity index (χ1v) is 7.58. The van der Waals surface area contributed by atoms with Crippen LogP contribution in [0.4, 0.5) is 11.4 Å². The molecule has 122 valence electrons. The van der Waals surface area contributed by atoms with Gasteiger partial charge < -0.3 is 0 Å². The van der Waals surface area contributed by atoms with E-state index >= 15 is 0 Å². The largest absolute Gasteiger partial charge is 0.343 e. The number of nitro groups is 2.